The zero-order valence-electron chi connectivity index (χ0n) is 19.7. The average Bonchev–Trinajstić information content (AvgIpc) is 3.03. The summed E-state index contributed by atoms with van der Waals surface area (Å²) in [5.74, 6) is -1.18. The van der Waals surface area contributed by atoms with Crippen molar-refractivity contribution in [3.8, 4) is 5.69 Å². The van der Waals surface area contributed by atoms with Crippen molar-refractivity contribution in [2.24, 2.45) is 7.05 Å². The van der Waals surface area contributed by atoms with Gasteiger partial charge in [-0.25, -0.2) is 9.48 Å². The van der Waals surface area contributed by atoms with Crippen molar-refractivity contribution in [1.82, 2.24) is 9.36 Å². The lowest BCUT2D eigenvalue weighted by atomic mass is 10.2. The maximum atomic E-state index is 13.0. The molecular formula is C25H30N4O4. The summed E-state index contributed by atoms with van der Waals surface area (Å²) in [5, 5.41) is 2.63. The van der Waals surface area contributed by atoms with E-state index in [0.29, 0.717) is 16.9 Å². The van der Waals surface area contributed by atoms with E-state index in [1.165, 1.54) is 11.6 Å². The maximum Gasteiger partial charge on any atom is 0.338 e. The lowest BCUT2D eigenvalue weighted by Crippen LogP contribution is -2.32. The van der Waals surface area contributed by atoms with Gasteiger partial charge in [0.25, 0.3) is 11.5 Å². The number of hydrogen-bond donors (Lipinski definition) is 1. The van der Waals surface area contributed by atoms with Crippen LogP contribution in [0.25, 0.3) is 5.69 Å². The first-order chi connectivity index (χ1) is 15.8. The van der Waals surface area contributed by atoms with Crippen molar-refractivity contribution in [3.05, 3.63) is 76.2 Å². The molecular weight excluding hydrogens is 420 g/mol. The minimum absolute atomic E-state index is 0.151. The van der Waals surface area contributed by atoms with Crippen LogP contribution in [0.3, 0.4) is 0 Å². The van der Waals surface area contributed by atoms with E-state index in [1.807, 2.05) is 42.5 Å². The zero-order chi connectivity index (χ0) is 24.1. The van der Waals surface area contributed by atoms with Crippen molar-refractivity contribution in [2.45, 2.75) is 33.8 Å². The molecule has 1 atom stereocenters. The Kier molecular flexibility index (Phi) is 7.37. The maximum absolute atomic E-state index is 13.0. The molecule has 8 heteroatoms. The van der Waals surface area contributed by atoms with Crippen LogP contribution in [-0.4, -0.2) is 40.4 Å². The number of aromatic nitrogens is 2. The molecule has 1 N–H and O–H groups in total. The smallest absolute Gasteiger partial charge is 0.338 e. The van der Waals surface area contributed by atoms with Gasteiger partial charge in [-0.2, -0.15) is 0 Å². The summed E-state index contributed by atoms with van der Waals surface area (Å²) in [6.07, 6.45) is -1.08. The van der Waals surface area contributed by atoms with Gasteiger partial charge in [-0.3, -0.25) is 14.3 Å². The third-order valence-corrected chi connectivity index (χ3v) is 5.69. The van der Waals surface area contributed by atoms with E-state index in [4.69, 9.17) is 4.74 Å². The Morgan fingerprint density at radius 3 is 2.21 bits per heavy atom. The number of para-hydroxylation sites is 1. The highest BCUT2D eigenvalue weighted by molar-refractivity contribution is 5.97. The highest BCUT2D eigenvalue weighted by atomic mass is 16.5. The quantitative estimate of drug-likeness (QED) is 0.531. The predicted molar refractivity (Wildman–Crippen MR) is 129 cm³/mol. The summed E-state index contributed by atoms with van der Waals surface area (Å²) in [4.78, 5) is 40.4. The number of amides is 1. The highest BCUT2D eigenvalue weighted by Gasteiger charge is 2.23. The number of nitrogens with zero attached hydrogens (tertiary/aromatic N) is 3. The van der Waals surface area contributed by atoms with Crippen LogP contribution in [0.5, 0.6) is 0 Å². The summed E-state index contributed by atoms with van der Waals surface area (Å²) in [7, 11) is 1.74. The summed E-state index contributed by atoms with van der Waals surface area (Å²) in [5.41, 5.74) is 2.42. The molecule has 1 unspecified atom stereocenters. The Morgan fingerprint density at radius 1 is 1.03 bits per heavy atom. The van der Waals surface area contributed by atoms with Gasteiger partial charge in [0.15, 0.2) is 6.10 Å². The molecule has 0 bridgehead atoms. The lowest BCUT2D eigenvalue weighted by molar-refractivity contribution is -0.123. The van der Waals surface area contributed by atoms with E-state index < -0.39 is 18.0 Å². The molecule has 1 aromatic heterocycles. The normalized spacial score (nSPS) is 11.7. The fourth-order valence-electron chi connectivity index (χ4n) is 3.62. The molecule has 0 aliphatic rings. The van der Waals surface area contributed by atoms with Gasteiger partial charge in [0.1, 0.15) is 5.69 Å². The molecule has 0 spiro atoms. The molecule has 3 rings (SSSR count). The molecule has 3 aromatic rings. The third kappa shape index (κ3) is 5.00. The molecule has 0 fully saturated rings. The minimum atomic E-state index is -1.08. The summed E-state index contributed by atoms with van der Waals surface area (Å²) in [6, 6.07) is 16.2. The second kappa shape index (κ2) is 10.2. The van der Waals surface area contributed by atoms with E-state index in [1.54, 1.807) is 30.8 Å². The first kappa shape index (κ1) is 23.8. The van der Waals surface area contributed by atoms with Gasteiger partial charge in [0, 0.05) is 25.8 Å². The number of carbonyl (C=O) groups is 2. The van der Waals surface area contributed by atoms with Gasteiger partial charge in [-0.1, -0.05) is 18.2 Å². The van der Waals surface area contributed by atoms with Gasteiger partial charge in [0.05, 0.1) is 16.9 Å². The van der Waals surface area contributed by atoms with Crippen molar-refractivity contribution in [1.29, 1.82) is 0 Å². The molecule has 33 heavy (non-hydrogen) atoms. The van der Waals surface area contributed by atoms with E-state index in [2.05, 4.69) is 24.1 Å². The van der Waals surface area contributed by atoms with Crippen LogP contribution >= 0.6 is 0 Å². The van der Waals surface area contributed by atoms with Gasteiger partial charge in [0.2, 0.25) is 0 Å². The average molecular weight is 451 g/mol. The SMILES string of the molecule is CCN(CC)c1ccc(C(=O)OC(C)C(=O)Nc2c(C)n(C)n(-c3ccccc3)c2=O)cc1. The Labute approximate surface area is 193 Å². The minimum Gasteiger partial charge on any atom is -0.449 e. The Bertz CT molecular complexity index is 1180. The largest absolute Gasteiger partial charge is 0.449 e. The number of carbonyl (C=O) groups excluding carboxylic acids is 2. The van der Waals surface area contributed by atoms with Crippen molar-refractivity contribution in [2.75, 3.05) is 23.3 Å². The molecule has 0 saturated heterocycles. The van der Waals surface area contributed by atoms with Crippen LogP contribution in [0.1, 0.15) is 36.8 Å². The molecule has 8 nitrogen and oxygen atoms in total. The molecule has 174 valence electrons. The number of benzene rings is 2. The van der Waals surface area contributed by atoms with Crippen LogP contribution in [0.15, 0.2) is 59.4 Å². The second-order valence-electron chi connectivity index (χ2n) is 7.69. The Morgan fingerprint density at radius 2 is 1.64 bits per heavy atom. The summed E-state index contributed by atoms with van der Waals surface area (Å²) < 4.78 is 8.48. The first-order valence-corrected chi connectivity index (χ1v) is 11.0. The van der Waals surface area contributed by atoms with Crippen LogP contribution < -0.4 is 15.8 Å². The van der Waals surface area contributed by atoms with Gasteiger partial charge < -0.3 is 15.0 Å². The molecule has 0 aliphatic heterocycles. The highest BCUT2D eigenvalue weighted by Crippen LogP contribution is 2.17. The van der Waals surface area contributed by atoms with Gasteiger partial charge >= 0.3 is 5.97 Å². The molecule has 0 radical (unpaired) electrons. The summed E-state index contributed by atoms with van der Waals surface area (Å²) in [6.45, 7) is 9.07. The number of rotatable bonds is 8. The topological polar surface area (TPSA) is 85.6 Å². The van der Waals surface area contributed by atoms with Gasteiger partial charge in [-0.05, 0) is 64.1 Å². The predicted octanol–water partition coefficient (Wildman–Crippen LogP) is 3.51. The zero-order valence-corrected chi connectivity index (χ0v) is 19.7. The lowest BCUT2D eigenvalue weighted by Gasteiger charge is -2.21. The fraction of sp³-hybridized carbons (Fsp3) is 0.320. The van der Waals surface area contributed by atoms with Crippen LogP contribution in [0.2, 0.25) is 0 Å². The number of ether oxygens (including phenoxy) is 1. The molecule has 0 aliphatic carbocycles. The second-order valence-corrected chi connectivity index (χ2v) is 7.69. The molecule has 0 saturated carbocycles. The molecule has 1 amide bonds. The number of esters is 1. The monoisotopic (exact) mass is 450 g/mol. The Hall–Kier alpha value is -3.81. The Balaban J connectivity index is 1.71. The van der Waals surface area contributed by atoms with E-state index in [0.717, 1.165) is 18.8 Å². The number of hydrogen-bond acceptors (Lipinski definition) is 5. The van der Waals surface area contributed by atoms with Gasteiger partial charge in [-0.15, -0.1) is 0 Å². The molecule has 1 heterocycles. The van der Waals surface area contributed by atoms with E-state index >= 15 is 0 Å². The summed E-state index contributed by atoms with van der Waals surface area (Å²) >= 11 is 0. The van der Waals surface area contributed by atoms with Crippen LogP contribution in [-0.2, 0) is 16.6 Å². The number of anilines is 2. The van der Waals surface area contributed by atoms with Crippen LogP contribution in [0, 0.1) is 6.92 Å². The third-order valence-electron chi connectivity index (χ3n) is 5.69. The number of nitrogens with one attached hydrogen (secondary N) is 1. The van der Waals surface area contributed by atoms with E-state index in [-0.39, 0.29) is 11.2 Å². The van der Waals surface area contributed by atoms with Crippen molar-refractivity contribution in [3.63, 3.8) is 0 Å². The van der Waals surface area contributed by atoms with E-state index in [9.17, 15) is 14.4 Å². The first-order valence-electron chi connectivity index (χ1n) is 11.0. The molecule has 2 aromatic carbocycles. The van der Waals surface area contributed by atoms with Crippen molar-refractivity contribution < 1.29 is 14.3 Å². The van der Waals surface area contributed by atoms with Crippen molar-refractivity contribution >= 4 is 23.3 Å². The van der Waals surface area contributed by atoms with Crippen LogP contribution in [0.4, 0.5) is 11.4 Å². The fourth-order valence-corrected chi connectivity index (χ4v) is 3.62. The standard InChI is InChI=1S/C25H30N4O4/c1-6-28(7-2)20-15-13-19(14-16-20)25(32)33-18(4)23(30)26-22-17(3)27(5)29(24(22)31)21-11-9-8-10-12-21/h8-16,18H,6-7H2,1-5H3,(H,26,30).